The smallest absolute Gasteiger partial charge is 0.288 e. The number of unbranched alkanes of at least 4 members (excludes halogenated alkanes) is 9. The lowest BCUT2D eigenvalue weighted by Crippen LogP contribution is -2.13. The number of thioether (sulfide) groups is 1. The highest BCUT2D eigenvalue weighted by Crippen LogP contribution is 2.26. The van der Waals surface area contributed by atoms with Crippen LogP contribution in [0.4, 0.5) is 14.5 Å². The molecule has 0 aliphatic heterocycles. The molecule has 7 heteroatoms. The molecule has 0 bridgehead atoms. The molecule has 2 aromatic rings. The third-order valence-electron chi connectivity index (χ3n) is 5.66. The van der Waals surface area contributed by atoms with E-state index in [0.717, 1.165) is 12.2 Å². The Morgan fingerprint density at radius 1 is 0.944 bits per heavy atom. The van der Waals surface area contributed by atoms with Crippen LogP contribution in [0.15, 0.2) is 59.0 Å². The van der Waals surface area contributed by atoms with Crippen LogP contribution in [0.1, 0.15) is 76.7 Å². The van der Waals surface area contributed by atoms with Crippen LogP contribution in [-0.2, 0) is 4.79 Å². The Morgan fingerprint density at radius 2 is 1.53 bits per heavy atom. The zero-order valence-corrected chi connectivity index (χ0v) is 21.8. The van der Waals surface area contributed by atoms with Crippen molar-refractivity contribution >= 4 is 29.4 Å². The Morgan fingerprint density at radius 3 is 2.08 bits per heavy atom. The van der Waals surface area contributed by atoms with Crippen LogP contribution < -0.4 is 10.1 Å². The molecule has 0 atom stereocenters. The lowest BCUT2D eigenvalue weighted by atomic mass is 10.1. The highest BCUT2D eigenvalue weighted by Gasteiger charge is 2.11. The summed E-state index contributed by atoms with van der Waals surface area (Å²) in [6, 6.07) is 15.2. The van der Waals surface area contributed by atoms with Crippen molar-refractivity contribution in [3.05, 3.63) is 59.7 Å². The number of nitrogens with zero attached hydrogens (tertiary/aromatic N) is 1. The van der Waals surface area contributed by atoms with E-state index in [2.05, 4.69) is 12.2 Å². The molecule has 0 spiro atoms. The van der Waals surface area contributed by atoms with E-state index in [0.29, 0.717) is 34.5 Å². The van der Waals surface area contributed by atoms with Gasteiger partial charge in [0.25, 0.3) is 11.7 Å². The molecule has 0 fully saturated rings. The summed E-state index contributed by atoms with van der Waals surface area (Å²) in [6.07, 6.45) is 14.3. The van der Waals surface area contributed by atoms with Gasteiger partial charge in [-0.2, -0.15) is 14.0 Å². The first-order valence-electron chi connectivity index (χ1n) is 12.7. The van der Waals surface area contributed by atoms with Gasteiger partial charge in [0.05, 0.1) is 6.61 Å². The molecule has 2 rings (SSSR count). The monoisotopic (exact) mass is 514 g/mol. The molecule has 0 radical (unpaired) electrons. The number of alkyl halides is 2. The summed E-state index contributed by atoms with van der Waals surface area (Å²) in [4.78, 5) is 12.9. The molecule has 1 amide bonds. The Bertz CT molecular complexity index is 970. The van der Waals surface area contributed by atoms with Gasteiger partial charge in [-0.1, -0.05) is 88.6 Å². The minimum atomic E-state index is -2.50. The number of benzene rings is 2. The van der Waals surface area contributed by atoms with E-state index in [1.807, 2.05) is 18.2 Å². The number of nitrogens with one attached hydrogen (secondary N) is 1. The third-order valence-corrected chi connectivity index (χ3v) is 6.38. The summed E-state index contributed by atoms with van der Waals surface area (Å²) in [5.41, 5.74) is 1.08. The topological polar surface area (TPSA) is 62.1 Å². The summed E-state index contributed by atoms with van der Waals surface area (Å²) in [5, 5.41) is 12.0. The van der Waals surface area contributed by atoms with E-state index in [9.17, 15) is 18.8 Å². The van der Waals surface area contributed by atoms with Crippen LogP contribution in [0.5, 0.6) is 5.75 Å². The largest absolute Gasteiger partial charge is 0.494 e. The van der Waals surface area contributed by atoms with Crippen LogP contribution in [-0.4, -0.2) is 18.3 Å². The Balaban J connectivity index is 1.72. The van der Waals surface area contributed by atoms with Crippen LogP contribution >= 0.6 is 11.8 Å². The van der Waals surface area contributed by atoms with E-state index in [4.69, 9.17) is 4.74 Å². The Kier molecular flexibility index (Phi) is 14.3. The van der Waals surface area contributed by atoms with Crippen molar-refractivity contribution in [2.24, 2.45) is 0 Å². The van der Waals surface area contributed by atoms with Crippen molar-refractivity contribution in [3.8, 4) is 11.8 Å². The van der Waals surface area contributed by atoms with E-state index < -0.39 is 11.7 Å². The molecular formula is C29H36F2N2O2S. The first-order chi connectivity index (χ1) is 17.5. The molecule has 194 valence electrons. The summed E-state index contributed by atoms with van der Waals surface area (Å²) in [7, 11) is 0. The summed E-state index contributed by atoms with van der Waals surface area (Å²) >= 11 is 0.432. The molecule has 2 aromatic carbocycles. The maximum atomic E-state index is 12.5. The molecule has 0 unspecified atom stereocenters. The van der Waals surface area contributed by atoms with E-state index >= 15 is 0 Å². The number of ether oxygens (including phenoxy) is 1. The minimum absolute atomic E-state index is 0.0555. The number of hydrogen-bond acceptors (Lipinski definition) is 4. The van der Waals surface area contributed by atoms with Gasteiger partial charge in [-0.3, -0.25) is 4.79 Å². The summed E-state index contributed by atoms with van der Waals surface area (Å²) < 4.78 is 30.7. The number of amides is 1. The van der Waals surface area contributed by atoms with Gasteiger partial charge >= 0.3 is 0 Å². The maximum Gasteiger partial charge on any atom is 0.288 e. The number of carbonyl (C=O) groups excluding carboxylic acids is 1. The fourth-order valence-electron chi connectivity index (χ4n) is 3.67. The van der Waals surface area contributed by atoms with Crippen LogP contribution in [0.2, 0.25) is 0 Å². The Labute approximate surface area is 218 Å². The average Bonchev–Trinajstić information content (AvgIpc) is 2.87. The summed E-state index contributed by atoms with van der Waals surface area (Å²) in [6.45, 7) is 2.92. The number of anilines is 1. The average molecular weight is 515 g/mol. The highest BCUT2D eigenvalue weighted by molar-refractivity contribution is 7.99. The van der Waals surface area contributed by atoms with Gasteiger partial charge in [0.1, 0.15) is 17.4 Å². The molecule has 0 saturated heterocycles. The van der Waals surface area contributed by atoms with Crippen molar-refractivity contribution in [3.63, 3.8) is 0 Å². The fourth-order valence-corrected chi connectivity index (χ4v) is 4.17. The number of carbonyl (C=O) groups is 1. The standard InChI is InChI=1S/C29H36F2N2O2S/c1-2-3-4-5-6-7-8-9-10-11-20-35-26-16-12-23(13-17-26)21-24(22-32)28(34)33-25-14-18-27(19-15-25)36-29(30)31/h12-19,21,29H,2-11,20H2,1H3,(H,33,34)/b24-21-. The predicted molar refractivity (Wildman–Crippen MR) is 144 cm³/mol. The second-order valence-electron chi connectivity index (χ2n) is 8.63. The Hall–Kier alpha value is -2.85. The number of rotatable bonds is 17. The van der Waals surface area contributed by atoms with E-state index in [1.165, 1.54) is 88.1 Å². The molecule has 0 aromatic heterocycles. The van der Waals surface area contributed by atoms with Gasteiger partial charge in [0, 0.05) is 10.6 Å². The van der Waals surface area contributed by atoms with Crippen LogP contribution in [0, 0.1) is 11.3 Å². The number of halogens is 2. The van der Waals surface area contributed by atoms with Gasteiger partial charge in [0.15, 0.2) is 0 Å². The lowest BCUT2D eigenvalue weighted by molar-refractivity contribution is -0.112. The van der Waals surface area contributed by atoms with Gasteiger partial charge in [0.2, 0.25) is 0 Å². The van der Waals surface area contributed by atoms with Crippen molar-refractivity contribution in [1.82, 2.24) is 0 Å². The second-order valence-corrected chi connectivity index (χ2v) is 9.69. The molecule has 4 nitrogen and oxygen atoms in total. The van der Waals surface area contributed by atoms with Crippen molar-refractivity contribution < 1.29 is 18.3 Å². The molecule has 0 aliphatic carbocycles. The van der Waals surface area contributed by atoms with E-state index in [-0.39, 0.29) is 5.57 Å². The predicted octanol–water partition coefficient (Wildman–Crippen LogP) is 8.85. The second kappa shape index (κ2) is 17.6. The molecule has 1 N–H and O–H groups in total. The summed E-state index contributed by atoms with van der Waals surface area (Å²) in [5.74, 6) is -2.31. The zero-order chi connectivity index (χ0) is 26.0. The lowest BCUT2D eigenvalue weighted by Gasteiger charge is -2.07. The normalized spacial score (nSPS) is 11.4. The van der Waals surface area contributed by atoms with Gasteiger partial charge in [-0.15, -0.1) is 0 Å². The third kappa shape index (κ3) is 12.2. The molecule has 36 heavy (non-hydrogen) atoms. The quantitative estimate of drug-likeness (QED) is 0.0991. The first-order valence-corrected chi connectivity index (χ1v) is 13.6. The van der Waals surface area contributed by atoms with Crippen LogP contribution in [0.3, 0.4) is 0 Å². The maximum absolute atomic E-state index is 12.5. The molecule has 0 aliphatic rings. The van der Waals surface area contributed by atoms with Crippen molar-refractivity contribution in [2.45, 2.75) is 81.8 Å². The fraction of sp³-hybridized carbons (Fsp3) is 0.448. The van der Waals surface area contributed by atoms with Gasteiger partial charge < -0.3 is 10.1 Å². The van der Waals surface area contributed by atoms with Crippen molar-refractivity contribution in [1.29, 1.82) is 5.26 Å². The molecule has 0 saturated carbocycles. The highest BCUT2D eigenvalue weighted by atomic mass is 32.2. The SMILES string of the molecule is CCCCCCCCCCCCOc1ccc(/C=C(/C#N)C(=O)Nc2ccc(SC(F)F)cc2)cc1. The van der Waals surface area contributed by atoms with E-state index in [1.54, 1.807) is 12.1 Å². The number of hydrogen-bond donors (Lipinski definition) is 1. The first kappa shape index (κ1) is 29.4. The molecule has 0 heterocycles. The molecular weight excluding hydrogens is 478 g/mol. The van der Waals surface area contributed by atoms with Crippen LogP contribution in [0.25, 0.3) is 6.08 Å². The minimum Gasteiger partial charge on any atom is -0.494 e. The van der Waals surface area contributed by atoms with Gasteiger partial charge in [-0.25, -0.2) is 0 Å². The zero-order valence-electron chi connectivity index (χ0n) is 21.0. The van der Waals surface area contributed by atoms with Gasteiger partial charge in [-0.05, 0) is 54.5 Å². The number of nitriles is 1. The van der Waals surface area contributed by atoms with Crippen molar-refractivity contribution in [2.75, 3.05) is 11.9 Å².